The Morgan fingerprint density at radius 3 is 2.58 bits per heavy atom. The lowest BCUT2D eigenvalue weighted by Crippen LogP contribution is -2.55. The minimum Gasteiger partial charge on any atom is -0.464 e. The summed E-state index contributed by atoms with van der Waals surface area (Å²) in [5.74, 6) is -1.20. The summed E-state index contributed by atoms with van der Waals surface area (Å²) in [4.78, 5) is 44.1. The number of likely N-dealkylation sites (tertiary alicyclic amines) is 1. The fourth-order valence-corrected chi connectivity index (χ4v) is 4.85. The molecule has 1 aliphatic heterocycles. The van der Waals surface area contributed by atoms with Crippen LogP contribution in [0.1, 0.15) is 59.2 Å². The van der Waals surface area contributed by atoms with E-state index >= 15 is 0 Å². The van der Waals surface area contributed by atoms with Gasteiger partial charge in [0.05, 0.1) is 12.7 Å². The molecule has 0 radical (unpaired) electrons. The van der Waals surface area contributed by atoms with Gasteiger partial charge in [-0.25, -0.2) is 9.59 Å². The van der Waals surface area contributed by atoms with Crippen molar-refractivity contribution in [3.05, 3.63) is 47.1 Å². The summed E-state index contributed by atoms with van der Waals surface area (Å²) in [5, 5.41) is 14.6. The van der Waals surface area contributed by atoms with E-state index in [1.54, 1.807) is 45.9 Å². The predicted octanol–water partition coefficient (Wildman–Crippen LogP) is 4.25. The van der Waals surface area contributed by atoms with Gasteiger partial charge in [0.25, 0.3) is 0 Å². The van der Waals surface area contributed by atoms with Gasteiger partial charge in [-0.05, 0) is 51.8 Å². The molecule has 38 heavy (non-hydrogen) atoms. The van der Waals surface area contributed by atoms with E-state index in [9.17, 15) is 19.5 Å². The average molecular weight is 548 g/mol. The lowest BCUT2D eigenvalue weighted by atomic mass is 9.85. The van der Waals surface area contributed by atoms with Crippen LogP contribution in [0.5, 0.6) is 0 Å². The highest BCUT2D eigenvalue weighted by molar-refractivity contribution is 6.31. The smallest absolute Gasteiger partial charge is 0.408 e. The summed E-state index contributed by atoms with van der Waals surface area (Å²) in [6, 6.07) is 3.17. The average Bonchev–Trinajstić information content (AvgIpc) is 3.37. The number of fused-ring (bicyclic) bond motifs is 1. The van der Waals surface area contributed by atoms with E-state index in [1.165, 1.54) is 4.90 Å². The lowest BCUT2D eigenvalue weighted by molar-refractivity contribution is -0.156. The number of halogens is 1. The van der Waals surface area contributed by atoms with Crippen LogP contribution >= 0.6 is 11.6 Å². The van der Waals surface area contributed by atoms with E-state index in [-0.39, 0.29) is 26.0 Å². The van der Waals surface area contributed by atoms with Crippen molar-refractivity contribution in [1.29, 1.82) is 0 Å². The molecule has 1 aromatic heterocycles. The first-order valence-electron chi connectivity index (χ1n) is 12.8. The number of allylic oxidation sites excluding steroid dienone is 1. The highest BCUT2D eigenvalue weighted by Gasteiger charge is 2.44. The van der Waals surface area contributed by atoms with E-state index in [1.807, 2.05) is 19.9 Å². The van der Waals surface area contributed by atoms with Gasteiger partial charge in [-0.1, -0.05) is 37.6 Å². The lowest BCUT2D eigenvalue weighted by Gasteiger charge is -2.30. The van der Waals surface area contributed by atoms with Crippen LogP contribution < -0.4 is 5.32 Å². The first-order chi connectivity index (χ1) is 17.7. The standard InChI is InChI=1S/C28H38ClN3O6/c1-8-28(6,7)23-18(17-11-10-16(29)14-19(17)30-23)15-20(31-26(36)38-27(3,4)5)24(34)32-13-12-21(33)22(32)25(35)37-9-2/h8,10-11,14,20-22,30,33H,1,9,12-13,15H2,2-7H3,(H,31,36)/t20?,21-,22+/m1/s1. The maximum absolute atomic E-state index is 13.9. The topological polar surface area (TPSA) is 121 Å². The number of hydrogen-bond donors (Lipinski definition) is 3. The van der Waals surface area contributed by atoms with Gasteiger partial charge in [0.15, 0.2) is 6.04 Å². The molecule has 208 valence electrons. The van der Waals surface area contributed by atoms with Crippen molar-refractivity contribution < 1.29 is 29.0 Å². The van der Waals surface area contributed by atoms with Gasteiger partial charge in [-0.15, -0.1) is 6.58 Å². The van der Waals surface area contributed by atoms with Gasteiger partial charge in [0, 0.05) is 40.0 Å². The molecule has 1 aliphatic rings. The Bertz CT molecular complexity index is 1220. The van der Waals surface area contributed by atoms with Gasteiger partial charge in [-0.3, -0.25) is 4.79 Å². The second-order valence-electron chi connectivity index (χ2n) is 11.1. The van der Waals surface area contributed by atoms with Crippen LogP contribution in [0.4, 0.5) is 4.79 Å². The molecule has 2 heterocycles. The number of rotatable bonds is 8. The molecule has 0 saturated carbocycles. The monoisotopic (exact) mass is 547 g/mol. The first kappa shape index (κ1) is 29.5. The molecule has 0 aliphatic carbocycles. The Kier molecular flexibility index (Phi) is 8.83. The summed E-state index contributed by atoms with van der Waals surface area (Å²) >= 11 is 6.24. The molecule has 1 fully saturated rings. The van der Waals surface area contributed by atoms with Gasteiger partial charge < -0.3 is 29.8 Å². The molecule has 3 atom stereocenters. The van der Waals surface area contributed by atoms with E-state index in [0.29, 0.717) is 5.02 Å². The number of aromatic amines is 1. The molecule has 1 saturated heterocycles. The molecule has 9 nitrogen and oxygen atoms in total. The maximum Gasteiger partial charge on any atom is 0.408 e. The van der Waals surface area contributed by atoms with Gasteiger partial charge >= 0.3 is 12.1 Å². The van der Waals surface area contributed by atoms with Gasteiger partial charge in [0.2, 0.25) is 5.91 Å². The Morgan fingerprint density at radius 2 is 1.97 bits per heavy atom. The third-order valence-corrected chi connectivity index (χ3v) is 6.83. The van der Waals surface area contributed by atoms with Crippen LogP contribution in [0, 0.1) is 0 Å². The maximum atomic E-state index is 13.9. The van der Waals surface area contributed by atoms with Crippen molar-refractivity contribution in [2.45, 2.75) is 83.6 Å². The molecule has 1 aromatic carbocycles. The predicted molar refractivity (Wildman–Crippen MR) is 146 cm³/mol. The van der Waals surface area contributed by atoms with E-state index in [2.05, 4.69) is 16.9 Å². The third-order valence-electron chi connectivity index (χ3n) is 6.60. The first-order valence-corrected chi connectivity index (χ1v) is 13.1. The number of nitrogens with one attached hydrogen (secondary N) is 2. The number of ether oxygens (including phenoxy) is 2. The zero-order valence-electron chi connectivity index (χ0n) is 22.9. The van der Waals surface area contributed by atoms with Crippen molar-refractivity contribution in [2.24, 2.45) is 0 Å². The quantitative estimate of drug-likeness (QED) is 0.336. The SMILES string of the molecule is C=CC(C)(C)c1[nH]c2cc(Cl)ccc2c1CC(NC(=O)OC(C)(C)C)C(=O)N1CC[C@@H](O)[C@H]1C(=O)OCC. The molecule has 2 aromatic rings. The minimum absolute atomic E-state index is 0.0917. The highest BCUT2D eigenvalue weighted by atomic mass is 35.5. The normalized spacial score (nSPS) is 18.8. The number of esters is 1. The van der Waals surface area contributed by atoms with E-state index in [4.69, 9.17) is 21.1 Å². The molecular weight excluding hydrogens is 510 g/mol. The van der Waals surface area contributed by atoms with E-state index in [0.717, 1.165) is 22.2 Å². The number of benzene rings is 1. The van der Waals surface area contributed by atoms with Crippen molar-refractivity contribution in [1.82, 2.24) is 15.2 Å². The molecule has 10 heteroatoms. The number of aliphatic hydroxyl groups is 1. The summed E-state index contributed by atoms with van der Waals surface area (Å²) in [7, 11) is 0. The van der Waals surface area contributed by atoms with Crippen molar-refractivity contribution in [2.75, 3.05) is 13.2 Å². The number of hydrogen-bond acceptors (Lipinski definition) is 6. The summed E-state index contributed by atoms with van der Waals surface area (Å²) < 4.78 is 10.6. The summed E-state index contributed by atoms with van der Waals surface area (Å²) in [6.45, 7) is 15.0. The molecule has 0 spiro atoms. The zero-order chi connectivity index (χ0) is 28.4. The molecule has 3 N–H and O–H groups in total. The Morgan fingerprint density at radius 1 is 1.29 bits per heavy atom. The van der Waals surface area contributed by atoms with Crippen LogP contribution in [-0.2, 0) is 30.9 Å². The number of carbonyl (C=O) groups is 3. The number of H-pyrrole nitrogens is 1. The fraction of sp³-hybridized carbons (Fsp3) is 0.536. The number of carbonyl (C=O) groups excluding carboxylic acids is 3. The summed E-state index contributed by atoms with van der Waals surface area (Å²) in [5.41, 5.74) is 1.10. The fourth-order valence-electron chi connectivity index (χ4n) is 4.68. The van der Waals surface area contributed by atoms with Crippen LogP contribution in [0.15, 0.2) is 30.9 Å². The van der Waals surface area contributed by atoms with Crippen LogP contribution in [-0.4, -0.2) is 69.9 Å². The van der Waals surface area contributed by atoms with Crippen LogP contribution in [0.25, 0.3) is 10.9 Å². The van der Waals surface area contributed by atoms with E-state index < -0.39 is 47.2 Å². The van der Waals surface area contributed by atoms with Gasteiger partial charge in [0.1, 0.15) is 11.6 Å². The van der Waals surface area contributed by atoms with Crippen LogP contribution in [0.2, 0.25) is 5.02 Å². The Balaban J connectivity index is 2.07. The number of aliphatic hydroxyl groups excluding tert-OH is 1. The molecular formula is C28H38ClN3O6. The number of aromatic nitrogens is 1. The number of nitrogens with zero attached hydrogens (tertiary/aromatic N) is 1. The Hall–Kier alpha value is -3.04. The second kappa shape index (κ2) is 11.4. The van der Waals surface area contributed by atoms with Crippen molar-refractivity contribution in [3.63, 3.8) is 0 Å². The largest absolute Gasteiger partial charge is 0.464 e. The van der Waals surface area contributed by atoms with Crippen molar-refractivity contribution >= 4 is 40.5 Å². The highest BCUT2D eigenvalue weighted by Crippen LogP contribution is 2.35. The Labute approximate surface area is 228 Å². The molecule has 1 unspecified atom stereocenters. The third kappa shape index (κ3) is 6.50. The van der Waals surface area contributed by atoms with Crippen LogP contribution in [0.3, 0.4) is 0 Å². The molecule has 3 rings (SSSR count). The molecule has 2 amide bonds. The number of alkyl carbamates (subject to hydrolysis) is 1. The summed E-state index contributed by atoms with van der Waals surface area (Å²) in [6.07, 6.45) is 0.277. The van der Waals surface area contributed by atoms with Crippen molar-refractivity contribution in [3.8, 4) is 0 Å². The zero-order valence-corrected chi connectivity index (χ0v) is 23.6. The molecule has 0 bridgehead atoms. The minimum atomic E-state index is -1.16. The number of amides is 2. The second-order valence-corrected chi connectivity index (χ2v) is 11.5. The van der Waals surface area contributed by atoms with Gasteiger partial charge in [-0.2, -0.15) is 0 Å².